The molecule has 4 amide bonds. The van der Waals surface area contributed by atoms with E-state index in [1.165, 1.54) is 0 Å². The van der Waals surface area contributed by atoms with Crippen LogP contribution in [-0.2, 0) is 25.6 Å². The molecule has 0 aliphatic rings. The largest absolute Gasteiger partial charge is 0.352 e. The molecule has 0 aliphatic heterocycles. The van der Waals surface area contributed by atoms with Crippen molar-refractivity contribution in [3.8, 4) is 0 Å². The van der Waals surface area contributed by atoms with Crippen LogP contribution in [0.2, 0.25) is 0 Å². The summed E-state index contributed by atoms with van der Waals surface area (Å²) in [7, 11) is 0. The van der Waals surface area contributed by atoms with Gasteiger partial charge >= 0.3 is 0 Å². The van der Waals surface area contributed by atoms with Gasteiger partial charge in [0.25, 0.3) is 0 Å². The Kier molecular flexibility index (Phi) is 11.8. The van der Waals surface area contributed by atoms with E-state index in [9.17, 15) is 19.2 Å². The van der Waals surface area contributed by atoms with Crippen LogP contribution in [0.1, 0.15) is 32.8 Å². The minimum absolute atomic E-state index is 0.0374. The molecule has 1 aromatic rings. The highest BCUT2D eigenvalue weighted by Crippen LogP contribution is 2.03. The topological polar surface area (TPSA) is 128 Å². The Balaban J connectivity index is 2.62. The first kappa shape index (κ1) is 25.1. The molecule has 9 heteroatoms. The van der Waals surface area contributed by atoms with E-state index in [2.05, 4.69) is 26.6 Å². The van der Waals surface area contributed by atoms with E-state index in [1.54, 1.807) is 0 Å². The van der Waals surface area contributed by atoms with Gasteiger partial charge in [-0.15, -0.1) is 0 Å². The third-order valence-corrected chi connectivity index (χ3v) is 3.97. The Morgan fingerprint density at radius 3 is 2.10 bits per heavy atom. The summed E-state index contributed by atoms with van der Waals surface area (Å²) in [5, 5.41) is 13.3. The number of rotatable bonds is 13. The fourth-order valence-corrected chi connectivity index (χ4v) is 2.59. The van der Waals surface area contributed by atoms with E-state index in [1.807, 2.05) is 51.1 Å². The van der Waals surface area contributed by atoms with E-state index in [0.717, 1.165) is 12.0 Å². The van der Waals surface area contributed by atoms with Crippen molar-refractivity contribution in [3.63, 3.8) is 0 Å². The van der Waals surface area contributed by atoms with Crippen LogP contribution in [0, 0.1) is 0 Å². The van der Waals surface area contributed by atoms with Crippen LogP contribution in [0.15, 0.2) is 30.3 Å². The van der Waals surface area contributed by atoms with Crippen LogP contribution < -0.4 is 26.6 Å². The molecule has 1 aromatic carbocycles. The number of benzene rings is 1. The minimum Gasteiger partial charge on any atom is -0.352 e. The molecule has 0 saturated heterocycles. The molecule has 0 radical (unpaired) electrons. The smallest absolute Gasteiger partial charge is 0.243 e. The lowest BCUT2D eigenvalue weighted by atomic mass is 10.1. The summed E-state index contributed by atoms with van der Waals surface area (Å²) in [6.45, 7) is 6.05. The zero-order chi connectivity index (χ0) is 22.4. The highest BCUT2D eigenvalue weighted by atomic mass is 16.2. The number of hydrogen-bond donors (Lipinski definition) is 5. The Hall–Kier alpha value is -2.94. The van der Waals surface area contributed by atoms with Gasteiger partial charge in [-0.25, -0.2) is 0 Å². The van der Waals surface area contributed by atoms with Crippen molar-refractivity contribution in [3.05, 3.63) is 35.9 Å². The van der Waals surface area contributed by atoms with Crippen LogP contribution in [0.3, 0.4) is 0 Å². The SMILES string of the molecule is CCCNCC(=O)NCC(=O)NC(Cc1ccccc1)C(=O)NCC(=O)NC(C)C. The molecule has 0 spiro atoms. The van der Waals surface area contributed by atoms with Gasteiger partial charge in [-0.3, -0.25) is 19.2 Å². The molecule has 0 heterocycles. The quantitative estimate of drug-likeness (QED) is 0.275. The van der Waals surface area contributed by atoms with Gasteiger partial charge in [0.15, 0.2) is 0 Å². The first-order valence-corrected chi connectivity index (χ1v) is 10.2. The second-order valence-electron chi connectivity index (χ2n) is 7.20. The first-order chi connectivity index (χ1) is 14.3. The number of nitrogens with one attached hydrogen (secondary N) is 5. The summed E-state index contributed by atoms with van der Waals surface area (Å²) < 4.78 is 0. The standard InChI is InChI=1S/C21H33N5O4/c1-4-10-22-12-18(27)23-13-20(29)26-17(11-16-8-6-5-7-9-16)21(30)24-14-19(28)25-15(2)3/h5-9,15,17,22H,4,10-14H2,1-3H3,(H,23,27)(H,24,30)(H,25,28)(H,26,29). The second kappa shape index (κ2) is 14.1. The highest BCUT2D eigenvalue weighted by Gasteiger charge is 2.22. The highest BCUT2D eigenvalue weighted by molar-refractivity contribution is 5.92. The number of carbonyl (C=O) groups excluding carboxylic acids is 4. The van der Waals surface area contributed by atoms with Crippen molar-refractivity contribution in [2.75, 3.05) is 26.2 Å². The average Bonchev–Trinajstić information content (AvgIpc) is 2.70. The molecule has 1 rings (SSSR count). The fraction of sp³-hybridized carbons (Fsp3) is 0.524. The Bertz CT molecular complexity index is 694. The molecule has 166 valence electrons. The summed E-state index contributed by atoms with van der Waals surface area (Å²) in [6.07, 6.45) is 1.16. The molecule has 0 saturated carbocycles. The molecule has 30 heavy (non-hydrogen) atoms. The van der Waals surface area contributed by atoms with E-state index in [0.29, 0.717) is 6.54 Å². The van der Waals surface area contributed by atoms with Crippen molar-refractivity contribution >= 4 is 23.6 Å². The maximum atomic E-state index is 12.6. The van der Waals surface area contributed by atoms with E-state index >= 15 is 0 Å². The van der Waals surface area contributed by atoms with Gasteiger partial charge in [-0.2, -0.15) is 0 Å². The van der Waals surface area contributed by atoms with Gasteiger partial charge in [0, 0.05) is 12.5 Å². The van der Waals surface area contributed by atoms with Crippen molar-refractivity contribution < 1.29 is 19.2 Å². The van der Waals surface area contributed by atoms with Gasteiger partial charge < -0.3 is 26.6 Å². The van der Waals surface area contributed by atoms with Gasteiger partial charge in [0.1, 0.15) is 6.04 Å². The molecule has 1 atom stereocenters. The van der Waals surface area contributed by atoms with Crippen LogP contribution in [0.4, 0.5) is 0 Å². The summed E-state index contributed by atoms with van der Waals surface area (Å²) >= 11 is 0. The molecular formula is C21H33N5O4. The van der Waals surface area contributed by atoms with Crippen LogP contribution in [-0.4, -0.2) is 61.9 Å². The third-order valence-electron chi connectivity index (χ3n) is 3.97. The molecule has 9 nitrogen and oxygen atoms in total. The Labute approximate surface area is 177 Å². The van der Waals surface area contributed by atoms with Gasteiger partial charge in [-0.1, -0.05) is 37.3 Å². The van der Waals surface area contributed by atoms with Gasteiger partial charge in [-0.05, 0) is 32.4 Å². The zero-order valence-corrected chi connectivity index (χ0v) is 17.9. The lowest BCUT2D eigenvalue weighted by Gasteiger charge is -2.19. The van der Waals surface area contributed by atoms with Crippen LogP contribution in [0.5, 0.6) is 0 Å². The van der Waals surface area contributed by atoms with E-state index in [-0.39, 0.29) is 43.9 Å². The van der Waals surface area contributed by atoms with Gasteiger partial charge in [0.05, 0.1) is 19.6 Å². The summed E-state index contributed by atoms with van der Waals surface area (Å²) in [5.41, 5.74) is 0.859. The lowest BCUT2D eigenvalue weighted by molar-refractivity contribution is -0.130. The van der Waals surface area contributed by atoms with E-state index in [4.69, 9.17) is 0 Å². The summed E-state index contributed by atoms with van der Waals surface area (Å²) in [4.78, 5) is 48.3. The number of hydrogen-bond acceptors (Lipinski definition) is 5. The fourth-order valence-electron chi connectivity index (χ4n) is 2.59. The molecule has 0 bridgehead atoms. The van der Waals surface area contributed by atoms with Crippen molar-refractivity contribution in [2.45, 2.75) is 45.7 Å². The van der Waals surface area contributed by atoms with Crippen molar-refractivity contribution in [1.29, 1.82) is 0 Å². The minimum atomic E-state index is -0.873. The van der Waals surface area contributed by atoms with Crippen LogP contribution >= 0.6 is 0 Å². The monoisotopic (exact) mass is 419 g/mol. The molecule has 0 aromatic heterocycles. The second-order valence-corrected chi connectivity index (χ2v) is 7.20. The third kappa shape index (κ3) is 11.2. The average molecular weight is 420 g/mol. The molecule has 0 aliphatic carbocycles. The molecule has 0 fully saturated rings. The van der Waals surface area contributed by atoms with E-state index < -0.39 is 17.9 Å². The Morgan fingerprint density at radius 2 is 1.47 bits per heavy atom. The summed E-state index contributed by atoms with van der Waals surface area (Å²) in [6, 6.07) is 8.32. The van der Waals surface area contributed by atoms with Crippen molar-refractivity contribution in [2.24, 2.45) is 0 Å². The number of carbonyl (C=O) groups is 4. The normalized spacial score (nSPS) is 11.5. The molecular weight excluding hydrogens is 386 g/mol. The van der Waals surface area contributed by atoms with Crippen molar-refractivity contribution in [1.82, 2.24) is 26.6 Å². The summed E-state index contributed by atoms with van der Waals surface area (Å²) in [5.74, 6) is -1.56. The molecule has 1 unspecified atom stereocenters. The first-order valence-electron chi connectivity index (χ1n) is 10.2. The predicted molar refractivity (Wildman–Crippen MR) is 115 cm³/mol. The zero-order valence-electron chi connectivity index (χ0n) is 17.9. The van der Waals surface area contributed by atoms with Crippen LogP contribution in [0.25, 0.3) is 0 Å². The lowest BCUT2D eigenvalue weighted by Crippen LogP contribution is -2.52. The Morgan fingerprint density at radius 1 is 0.833 bits per heavy atom. The number of amides is 4. The van der Waals surface area contributed by atoms with Gasteiger partial charge in [0.2, 0.25) is 23.6 Å². The molecule has 5 N–H and O–H groups in total. The maximum absolute atomic E-state index is 12.6. The maximum Gasteiger partial charge on any atom is 0.243 e. The predicted octanol–water partition coefficient (Wildman–Crippen LogP) is -0.529.